The average Bonchev–Trinajstić information content (AvgIpc) is 3.08. The summed E-state index contributed by atoms with van der Waals surface area (Å²) in [6.07, 6.45) is 5.53. The van der Waals surface area contributed by atoms with Gasteiger partial charge in [-0.05, 0) is 38.3 Å². The van der Waals surface area contributed by atoms with Gasteiger partial charge in [-0.3, -0.25) is 9.78 Å². The molecule has 1 amide bonds. The highest BCUT2D eigenvalue weighted by Gasteiger charge is 2.34. The van der Waals surface area contributed by atoms with Crippen LogP contribution in [0.25, 0.3) is 16.5 Å². The van der Waals surface area contributed by atoms with Crippen LogP contribution in [0, 0.1) is 6.92 Å². The fraction of sp³-hybridized carbons (Fsp3) is 0.316. The lowest BCUT2D eigenvalue weighted by atomic mass is 10.0. The van der Waals surface area contributed by atoms with Crippen LogP contribution in [-0.4, -0.2) is 54.4 Å². The number of aromatic nitrogens is 4. The molecule has 1 aliphatic heterocycles. The molecular weight excluding hydrogens is 346 g/mol. The average molecular weight is 365 g/mol. The molecule has 3 aromatic rings. The first-order valence-electron chi connectivity index (χ1n) is 8.87. The number of rotatable bonds is 3. The van der Waals surface area contributed by atoms with E-state index in [1.807, 2.05) is 24.3 Å². The summed E-state index contributed by atoms with van der Waals surface area (Å²) in [5.74, 6) is -1.36. The van der Waals surface area contributed by atoms with Gasteiger partial charge in [0, 0.05) is 29.7 Å². The minimum atomic E-state index is -0.977. The molecule has 8 heteroatoms. The van der Waals surface area contributed by atoms with E-state index in [-0.39, 0.29) is 11.6 Å². The Morgan fingerprint density at radius 2 is 2.07 bits per heavy atom. The van der Waals surface area contributed by atoms with Gasteiger partial charge in [0.2, 0.25) is 0 Å². The number of likely N-dealkylation sites (tertiary alicyclic amines) is 1. The highest BCUT2D eigenvalue weighted by Crippen LogP contribution is 2.24. The number of benzene rings is 1. The Labute approximate surface area is 155 Å². The topological polar surface area (TPSA) is 101 Å². The van der Waals surface area contributed by atoms with Crippen molar-refractivity contribution in [1.82, 2.24) is 24.9 Å². The number of aliphatic carboxylic acids is 1. The van der Waals surface area contributed by atoms with Crippen LogP contribution < -0.4 is 0 Å². The number of carbonyl (C=O) groups is 2. The van der Waals surface area contributed by atoms with Gasteiger partial charge in [-0.15, -0.1) is 5.10 Å². The Morgan fingerprint density at radius 1 is 1.22 bits per heavy atom. The summed E-state index contributed by atoms with van der Waals surface area (Å²) in [6.45, 7) is 2.19. The Kier molecular flexibility index (Phi) is 4.31. The molecule has 138 valence electrons. The van der Waals surface area contributed by atoms with E-state index < -0.39 is 12.0 Å². The minimum absolute atomic E-state index is 0.189. The maximum Gasteiger partial charge on any atom is 0.326 e. The van der Waals surface area contributed by atoms with Gasteiger partial charge in [0.1, 0.15) is 6.04 Å². The number of hydrogen-bond acceptors (Lipinski definition) is 5. The first-order chi connectivity index (χ1) is 13.1. The van der Waals surface area contributed by atoms with Gasteiger partial charge >= 0.3 is 5.97 Å². The van der Waals surface area contributed by atoms with E-state index >= 15 is 0 Å². The molecule has 1 unspecified atom stereocenters. The van der Waals surface area contributed by atoms with Crippen LogP contribution in [0.15, 0.2) is 36.7 Å². The van der Waals surface area contributed by atoms with Gasteiger partial charge in [0.25, 0.3) is 5.91 Å². The van der Waals surface area contributed by atoms with Crippen LogP contribution in [0.3, 0.4) is 0 Å². The molecule has 0 radical (unpaired) electrons. The largest absolute Gasteiger partial charge is 0.480 e. The number of hydrogen-bond donors (Lipinski definition) is 1. The summed E-state index contributed by atoms with van der Waals surface area (Å²) < 4.78 is 1.62. The lowest BCUT2D eigenvalue weighted by molar-refractivity contribution is -0.143. The first kappa shape index (κ1) is 17.1. The van der Waals surface area contributed by atoms with Crippen molar-refractivity contribution in [3.05, 3.63) is 48.0 Å². The third-order valence-corrected chi connectivity index (χ3v) is 5.03. The number of carboxylic acids is 1. The fourth-order valence-corrected chi connectivity index (χ4v) is 3.61. The van der Waals surface area contributed by atoms with Crippen LogP contribution in [0.1, 0.15) is 35.4 Å². The zero-order chi connectivity index (χ0) is 19.0. The molecule has 1 aliphatic rings. The lowest BCUT2D eigenvalue weighted by Gasteiger charge is -2.32. The Balaban J connectivity index is 1.74. The van der Waals surface area contributed by atoms with Crippen molar-refractivity contribution in [3.8, 4) is 5.69 Å². The number of fused-ring (bicyclic) bond motifs is 1. The molecule has 1 aromatic carbocycles. The van der Waals surface area contributed by atoms with Crippen molar-refractivity contribution < 1.29 is 14.7 Å². The Bertz CT molecular complexity index is 1020. The Morgan fingerprint density at radius 3 is 2.89 bits per heavy atom. The number of pyridine rings is 1. The van der Waals surface area contributed by atoms with Crippen LogP contribution in [-0.2, 0) is 4.79 Å². The van der Waals surface area contributed by atoms with Gasteiger partial charge in [0.05, 0.1) is 11.4 Å². The van der Waals surface area contributed by atoms with Crippen molar-refractivity contribution >= 4 is 22.6 Å². The number of piperidine rings is 1. The maximum atomic E-state index is 13.0. The van der Waals surface area contributed by atoms with E-state index in [9.17, 15) is 14.7 Å². The van der Waals surface area contributed by atoms with Crippen molar-refractivity contribution in [3.63, 3.8) is 0 Å². The van der Waals surface area contributed by atoms with E-state index in [1.165, 1.54) is 4.90 Å². The summed E-state index contributed by atoms with van der Waals surface area (Å²) in [5.41, 5.74) is 1.57. The number of carbonyl (C=O) groups excluding carboxylic acids is 1. The molecule has 0 bridgehead atoms. The number of carboxylic acid groups (broad SMARTS) is 1. The highest BCUT2D eigenvalue weighted by atomic mass is 16.4. The zero-order valence-corrected chi connectivity index (χ0v) is 14.9. The van der Waals surface area contributed by atoms with Gasteiger partial charge in [-0.2, -0.15) is 0 Å². The molecule has 1 fully saturated rings. The monoisotopic (exact) mass is 365 g/mol. The molecule has 8 nitrogen and oxygen atoms in total. The molecule has 4 rings (SSSR count). The van der Waals surface area contributed by atoms with Gasteiger partial charge in [0.15, 0.2) is 5.69 Å². The van der Waals surface area contributed by atoms with Crippen molar-refractivity contribution in [2.24, 2.45) is 0 Å². The van der Waals surface area contributed by atoms with E-state index in [4.69, 9.17) is 0 Å². The van der Waals surface area contributed by atoms with Crippen LogP contribution in [0.2, 0.25) is 0 Å². The summed E-state index contributed by atoms with van der Waals surface area (Å²) in [5, 5.41) is 19.6. The highest BCUT2D eigenvalue weighted by molar-refractivity contribution is 5.96. The summed E-state index contributed by atoms with van der Waals surface area (Å²) in [7, 11) is 0. The van der Waals surface area contributed by atoms with E-state index in [1.54, 1.807) is 24.0 Å². The molecule has 1 saturated heterocycles. The standard InChI is InChI=1S/C19H19N5O3/c1-12-17(18(25)23-10-3-2-6-16(23)19(26)27)21-22-24(12)15-7-4-5-13-11-20-9-8-14(13)15/h4-5,7-9,11,16H,2-3,6,10H2,1H3,(H,26,27). The first-order valence-corrected chi connectivity index (χ1v) is 8.87. The smallest absolute Gasteiger partial charge is 0.326 e. The number of nitrogens with zero attached hydrogens (tertiary/aromatic N) is 5. The quantitative estimate of drug-likeness (QED) is 0.764. The molecule has 27 heavy (non-hydrogen) atoms. The van der Waals surface area contributed by atoms with Crippen LogP contribution in [0.5, 0.6) is 0 Å². The normalized spacial score (nSPS) is 17.2. The van der Waals surface area contributed by atoms with Crippen LogP contribution in [0.4, 0.5) is 0 Å². The molecule has 2 aromatic heterocycles. The second-order valence-electron chi connectivity index (χ2n) is 6.66. The summed E-state index contributed by atoms with van der Waals surface area (Å²) in [4.78, 5) is 30.0. The molecule has 0 aliphatic carbocycles. The molecule has 1 atom stereocenters. The van der Waals surface area contributed by atoms with Crippen molar-refractivity contribution in [2.45, 2.75) is 32.2 Å². The molecule has 0 spiro atoms. The SMILES string of the molecule is Cc1c(C(=O)N2CCCCC2C(=O)O)nnn1-c1cccc2cnccc12. The van der Waals surface area contributed by atoms with E-state index in [0.717, 1.165) is 29.3 Å². The fourth-order valence-electron chi connectivity index (χ4n) is 3.61. The molecule has 3 heterocycles. The van der Waals surface area contributed by atoms with Crippen LogP contribution >= 0.6 is 0 Å². The van der Waals surface area contributed by atoms with E-state index in [2.05, 4.69) is 15.3 Å². The summed E-state index contributed by atoms with van der Waals surface area (Å²) >= 11 is 0. The minimum Gasteiger partial charge on any atom is -0.480 e. The third kappa shape index (κ3) is 2.92. The molecule has 1 N–H and O–H groups in total. The molecule has 0 saturated carbocycles. The van der Waals surface area contributed by atoms with Crippen molar-refractivity contribution in [1.29, 1.82) is 0 Å². The summed E-state index contributed by atoms with van der Waals surface area (Å²) in [6, 6.07) is 6.83. The second kappa shape index (κ2) is 6.79. The van der Waals surface area contributed by atoms with Gasteiger partial charge in [-0.25, -0.2) is 9.48 Å². The second-order valence-corrected chi connectivity index (χ2v) is 6.66. The van der Waals surface area contributed by atoms with Gasteiger partial charge < -0.3 is 10.0 Å². The molecular formula is C19H19N5O3. The van der Waals surface area contributed by atoms with E-state index in [0.29, 0.717) is 18.7 Å². The van der Waals surface area contributed by atoms with Crippen molar-refractivity contribution in [2.75, 3.05) is 6.54 Å². The predicted molar refractivity (Wildman–Crippen MR) is 97.7 cm³/mol. The maximum absolute atomic E-state index is 13.0. The lowest BCUT2D eigenvalue weighted by Crippen LogP contribution is -2.48. The number of amides is 1. The predicted octanol–water partition coefficient (Wildman–Crippen LogP) is 2.20. The zero-order valence-electron chi connectivity index (χ0n) is 14.9. The Hall–Kier alpha value is -3.29. The third-order valence-electron chi connectivity index (χ3n) is 5.03. The van der Waals surface area contributed by atoms with Gasteiger partial charge in [-0.1, -0.05) is 17.3 Å².